The quantitative estimate of drug-likeness (QED) is 0.374. The molecule has 0 bridgehead atoms. The molecule has 0 fully saturated rings. The van der Waals surface area contributed by atoms with Gasteiger partial charge in [0.1, 0.15) is 6.07 Å². The summed E-state index contributed by atoms with van der Waals surface area (Å²) < 4.78 is 0.836. The van der Waals surface area contributed by atoms with Crippen LogP contribution in [0, 0.1) is 22.8 Å². The van der Waals surface area contributed by atoms with Gasteiger partial charge in [-0.1, -0.05) is 27.7 Å². The third-order valence-corrected chi connectivity index (χ3v) is 2.73. The normalized spacial score (nSPS) is 10.4. The molecule has 4 nitrogen and oxygen atoms in total. The van der Waals surface area contributed by atoms with Crippen LogP contribution in [-0.2, 0) is 0 Å². The summed E-state index contributed by atoms with van der Waals surface area (Å²) in [7, 11) is 0. The zero-order chi connectivity index (χ0) is 12.0. The first-order valence-electron chi connectivity index (χ1n) is 4.18. The fourth-order valence-electron chi connectivity index (χ4n) is 0.974. The van der Waals surface area contributed by atoms with Crippen LogP contribution in [0.25, 0.3) is 0 Å². The second-order valence-corrected chi connectivity index (χ2v) is 4.34. The van der Waals surface area contributed by atoms with Gasteiger partial charge in [-0.05, 0) is 24.5 Å². The minimum atomic E-state index is 0.456. The molecule has 16 heavy (non-hydrogen) atoms. The van der Waals surface area contributed by atoms with E-state index in [0.717, 1.165) is 4.47 Å². The molecule has 0 saturated carbocycles. The number of rotatable bonds is 1. The van der Waals surface area contributed by atoms with E-state index in [0.29, 0.717) is 16.4 Å². The summed E-state index contributed by atoms with van der Waals surface area (Å²) in [5.74, 6) is 0. The van der Waals surface area contributed by atoms with Gasteiger partial charge < -0.3 is 0 Å². The molecule has 0 heterocycles. The molecule has 6 heteroatoms. The van der Waals surface area contributed by atoms with Crippen molar-refractivity contribution in [2.24, 2.45) is 4.99 Å². The van der Waals surface area contributed by atoms with Gasteiger partial charge in [-0.25, -0.2) is 4.99 Å². The predicted molar refractivity (Wildman–Crippen MR) is 68.2 cm³/mol. The van der Waals surface area contributed by atoms with Crippen LogP contribution in [0.2, 0.25) is 0 Å². The van der Waals surface area contributed by atoms with Gasteiger partial charge in [0.15, 0.2) is 11.4 Å². The Balaban J connectivity index is 3.18. The maximum Gasteiger partial charge on any atom is 0.183 e. The van der Waals surface area contributed by atoms with Gasteiger partial charge in [0.2, 0.25) is 0 Å². The Hall–Kier alpha value is -1.50. The van der Waals surface area contributed by atoms with Crippen molar-refractivity contribution in [1.82, 2.24) is 5.32 Å². The van der Waals surface area contributed by atoms with Crippen LogP contribution in [0.3, 0.4) is 0 Å². The third-order valence-electron chi connectivity index (χ3n) is 1.66. The number of aliphatic imine (C=N–C) groups is 1. The largest absolute Gasteiger partial charge is 0.271 e. The number of hydrogen-bond donors (Lipinski definition) is 1. The van der Waals surface area contributed by atoms with Gasteiger partial charge in [0, 0.05) is 4.47 Å². The molecule has 0 aliphatic carbocycles. The number of benzene rings is 1. The first kappa shape index (κ1) is 12.6. The Morgan fingerprint density at radius 3 is 2.81 bits per heavy atom. The molecule has 0 amide bonds. The summed E-state index contributed by atoms with van der Waals surface area (Å²) >= 11 is 4.61. The summed E-state index contributed by atoms with van der Waals surface area (Å²) in [5.41, 5.74) is 0.999. The van der Waals surface area contributed by atoms with E-state index in [-0.39, 0.29) is 0 Å². The Labute approximate surface area is 106 Å². The molecule has 0 saturated heterocycles. The van der Waals surface area contributed by atoms with Gasteiger partial charge in [0.25, 0.3) is 0 Å². The minimum absolute atomic E-state index is 0.456. The van der Waals surface area contributed by atoms with Crippen LogP contribution >= 0.6 is 27.7 Å². The molecule has 0 aliphatic rings. The molecule has 1 rings (SSSR count). The van der Waals surface area contributed by atoms with Crippen molar-refractivity contribution >= 4 is 38.5 Å². The predicted octanol–water partition coefficient (Wildman–Crippen LogP) is 2.74. The SMILES string of the molecule is CSC(=Nc1cc(Br)ccc1C#N)NC#N. The maximum absolute atomic E-state index is 8.90. The maximum atomic E-state index is 8.90. The molecule has 1 aromatic carbocycles. The average molecular weight is 295 g/mol. The van der Waals surface area contributed by atoms with Crippen LogP contribution in [0.1, 0.15) is 5.56 Å². The third kappa shape index (κ3) is 3.27. The van der Waals surface area contributed by atoms with Crippen molar-refractivity contribution in [1.29, 1.82) is 10.5 Å². The lowest BCUT2D eigenvalue weighted by Gasteiger charge is -2.02. The molecule has 80 valence electrons. The average Bonchev–Trinajstić information content (AvgIpc) is 2.29. The van der Waals surface area contributed by atoms with Crippen molar-refractivity contribution in [2.75, 3.05) is 6.26 Å². The number of thioether (sulfide) groups is 1. The lowest BCUT2D eigenvalue weighted by molar-refractivity contribution is 1.27. The van der Waals surface area contributed by atoms with E-state index in [2.05, 4.69) is 26.2 Å². The highest BCUT2D eigenvalue weighted by Gasteiger charge is 2.03. The minimum Gasteiger partial charge on any atom is -0.271 e. The van der Waals surface area contributed by atoms with E-state index < -0.39 is 0 Å². The van der Waals surface area contributed by atoms with Gasteiger partial charge in [-0.2, -0.15) is 10.5 Å². The monoisotopic (exact) mass is 294 g/mol. The lowest BCUT2D eigenvalue weighted by atomic mass is 10.2. The second-order valence-electron chi connectivity index (χ2n) is 2.63. The van der Waals surface area contributed by atoms with Crippen molar-refractivity contribution < 1.29 is 0 Å². The first-order chi connectivity index (χ1) is 7.71. The number of nitriles is 2. The van der Waals surface area contributed by atoms with Gasteiger partial charge in [0.05, 0.1) is 11.3 Å². The molecule has 0 spiro atoms. The smallest absolute Gasteiger partial charge is 0.183 e. The van der Waals surface area contributed by atoms with Gasteiger partial charge in [-0.3, -0.25) is 5.32 Å². The molecule has 1 aromatic rings. The fourth-order valence-corrected chi connectivity index (χ4v) is 1.66. The van der Waals surface area contributed by atoms with Crippen LogP contribution in [-0.4, -0.2) is 11.4 Å². The number of halogens is 1. The molecule has 0 aliphatic heterocycles. The zero-order valence-corrected chi connectivity index (χ0v) is 10.8. The molecule has 1 N–H and O–H groups in total. The number of nitrogens with zero attached hydrogens (tertiary/aromatic N) is 3. The summed E-state index contributed by atoms with van der Waals surface area (Å²) in [6.45, 7) is 0. The Bertz CT molecular complexity index is 499. The highest BCUT2D eigenvalue weighted by molar-refractivity contribution is 9.10. The van der Waals surface area contributed by atoms with Crippen LogP contribution in [0.5, 0.6) is 0 Å². The van der Waals surface area contributed by atoms with E-state index in [1.165, 1.54) is 11.8 Å². The fraction of sp³-hybridized carbons (Fsp3) is 0.100. The van der Waals surface area contributed by atoms with Crippen molar-refractivity contribution in [3.05, 3.63) is 28.2 Å². The highest BCUT2D eigenvalue weighted by Crippen LogP contribution is 2.24. The van der Waals surface area contributed by atoms with Crippen molar-refractivity contribution in [3.63, 3.8) is 0 Å². The van der Waals surface area contributed by atoms with Crippen molar-refractivity contribution in [3.8, 4) is 12.3 Å². The lowest BCUT2D eigenvalue weighted by Crippen LogP contribution is -2.12. The highest BCUT2D eigenvalue weighted by atomic mass is 79.9. The van der Waals surface area contributed by atoms with E-state index in [4.69, 9.17) is 10.5 Å². The molecular formula is C10H7BrN4S. The van der Waals surface area contributed by atoms with Gasteiger partial charge in [-0.15, -0.1) is 0 Å². The molecule has 0 unspecified atom stereocenters. The molecule has 0 atom stereocenters. The Morgan fingerprint density at radius 1 is 1.50 bits per heavy atom. The summed E-state index contributed by atoms with van der Waals surface area (Å²) in [6, 6.07) is 7.22. The second kappa shape index (κ2) is 6.16. The molecule has 0 radical (unpaired) electrons. The van der Waals surface area contributed by atoms with Crippen LogP contribution < -0.4 is 5.32 Å². The summed E-state index contributed by atoms with van der Waals surface area (Å²) in [4.78, 5) is 4.19. The van der Waals surface area contributed by atoms with Crippen molar-refractivity contribution in [2.45, 2.75) is 0 Å². The van der Waals surface area contributed by atoms with Gasteiger partial charge >= 0.3 is 0 Å². The first-order valence-corrected chi connectivity index (χ1v) is 6.20. The van der Waals surface area contributed by atoms with E-state index in [9.17, 15) is 0 Å². The number of amidine groups is 1. The Kier molecular flexibility index (Phi) is 4.84. The summed E-state index contributed by atoms with van der Waals surface area (Å²) in [6.07, 6.45) is 3.59. The molecule has 0 aromatic heterocycles. The van der Waals surface area contributed by atoms with E-state index >= 15 is 0 Å². The topological polar surface area (TPSA) is 72.0 Å². The Morgan fingerprint density at radius 2 is 2.25 bits per heavy atom. The van der Waals surface area contributed by atoms with Crippen LogP contribution in [0.4, 0.5) is 5.69 Å². The zero-order valence-electron chi connectivity index (χ0n) is 8.36. The standard InChI is InChI=1S/C10H7BrN4S/c1-16-10(14-6-13)15-9-4-8(11)3-2-7(9)5-12/h2-4H,1H3,(H,14,15). The summed E-state index contributed by atoms with van der Waals surface area (Å²) in [5, 5.41) is 20.3. The van der Waals surface area contributed by atoms with Crippen LogP contribution in [0.15, 0.2) is 27.7 Å². The van der Waals surface area contributed by atoms with E-state index in [1.807, 2.05) is 6.07 Å². The number of nitrogens with one attached hydrogen (secondary N) is 1. The number of hydrogen-bond acceptors (Lipinski definition) is 4. The van der Waals surface area contributed by atoms with E-state index in [1.54, 1.807) is 30.6 Å². The molecular weight excluding hydrogens is 288 g/mol.